The molecular formula is C12H15F2NO4S. The number of nitrogens with one attached hydrogen (secondary N) is 1. The second kappa shape index (κ2) is 6.65. The van der Waals surface area contributed by atoms with E-state index in [0.29, 0.717) is 12.1 Å². The van der Waals surface area contributed by atoms with Gasteiger partial charge in [0.25, 0.3) is 0 Å². The zero-order valence-corrected chi connectivity index (χ0v) is 11.5. The standard InChI is InChI=1S/C12H15F2NO4S/c1-8(2-7-11(16)17)15-9-3-5-10(6-4-9)20(18,19)12(13)14/h3-6,8,12,15H,2,7H2,1H3,(H,16,17). The largest absolute Gasteiger partial charge is 0.481 e. The summed E-state index contributed by atoms with van der Waals surface area (Å²) < 4.78 is 47.1. The lowest BCUT2D eigenvalue weighted by molar-refractivity contribution is -0.137. The van der Waals surface area contributed by atoms with Gasteiger partial charge in [-0.2, -0.15) is 8.78 Å². The van der Waals surface area contributed by atoms with Gasteiger partial charge in [0.2, 0.25) is 9.84 Å². The van der Waals surface area contributed by atoms with Crippen LogP contribution in [0.15, 0.2) is 29.2 Å². The van der Waals surface area contributed by atoms with E-state index in [1.807, 2.05) is 0 Å². The third-order valence-corrected chi connectivity index (χ3v) is 4.02. The Morgan fingerprint density at radius 1 is 1.30 bits per heavy atom. The molecule has 1 atom stereocenters. The van der Waals surface area contributed by atoms with Gasteiger partial charge in [0.1, 0.15) is 0 Å². The highest BCUT2D eigenvalue weighted by Gasteiger charge is 2.26. The van der Waals surface area contributed by atoms with Crippen molar-refractivity contribution >= 4 is 21.5 Å². The molecular weight excluding hydrogens is 292 g/mol. The van der Waals surface area contributed by atoms with E-state index in [9.17, 15) is 22.0 Å². The third kappa shape index (κ3) is 4.44. The van der Waals surface area contributed by atoms with Gasteiger partial charge in [-0.15, -0.1) is 0 Å². The van der Waals surface area contributed by atoms with E-state index in [2.05, 4.69) is 5.32 Å². The molecule has 0 radical (unpaired) electrons. The number of rotatable bonds is 7. The van der Waals surface area contributed by atoms with Crippen molar-refractivity contribution < 1.29 is 27.1 Å². The van der Waals surface area contributed by atoms with Crippen molar-refractivity contribution in [1.29, 1.82) is 0 Å². The minimum atomic E-state index is -4.58. The van der Waals surface area contributed by atoms with Crippen LogP contribution in [0.5, 0.6) is 0 Å². The summed E-state index contributed by atoms with van der Waals surface area (Å²) in [6, 6.07) is 4.78. The van der Waals surface area contributed by atoms with Crippen molar-refractivity contribution in [1.82, 2.24) is 0 Å². The van der Waals surface area contributed by atoms with Crippen molar-refractivity contribution in [3.05, 3.63) is 24.3 Å². The van der Waals surface area contributed by atoms with Gasteiger partial charge in [-0.1, -0.05) is 0 Å². The zero-order chi connectivity index (χ0) is 15.3. The summed E-state index contributed by atoms with van der Waals surface area (Å²) in [7, 11) is -4.58. The second-order valence-electron chi connectivity index (χ2n) is 4.31. The third-order valence-electron chi connectivity index (χ3n) is 2.62. The Bertz CT molecular complexity index is 557. The predicted molar refractivity (Wildman–Crippen MR) is 69.6 cm³/mol. The van der Waals surface area contributed by atoms with Crippen molar-refractivity contribution in [2.24, 2.45) is 0 Å². The smallest absolute Gasteiger partial charge is 0.341 e. The molecule has 2 N–H and O–H groups in total. The summed E-state index contributed by atoms with van der Waals surface area (Å²) in [5, 5.41) is 11.5. The fraction of sp³-hybridized carbons (Fsp3) is 0.417. The molecule has 1 aromatic rings. The monoisotopic (exact) mass is 307 g/mol. The van der Waals surface area contributed by atoms with E-state index >= 15 is 0 Å². The highest BCUT2D eigenvalue weighted by Crippen LogP contribution is 2.20. The van der Waals surface area contributed by atoms with Gasteiger partial charge >= 0.3 is 11.7 Å². The van der Waals surface area contributed by atoms with E-state index in [4.69, 9.17) is 5.11 Å². The van der Waals surface area contributed by atoms with Crippen LogP contribution in [0.3, 0.4) is 0 Å². The van der Waals surface area contributed by atoms with E-state index in [1.165, 1.54) is 12.1 Å². The zero-order valence-electron chi connectivity index (χ0n) is 10.7. The molecule has 8 heteroatoms. The number of anilines is 1. The number of alkyl halides is 2. The van der Waals surface area contributed by atoms with Crippen LogP contribution in [0.4, 0.5) is 14.5 Å². The molecule has 0 aliphatic rings. The first-order valence-corrected chi connectivity index (χ1v) is 7.38. The number of carboxylic acid groups (broad SMARTS) is 1. The highest BCUT2D eigenvalue weighted by atomic mass is 32.2. The summed E-state index contributed by atoms with van der Waals surface area (Å²) in [5.74, 6) is -4.35. The number of benzene rings is 1. The summed E-state index contributed by atoms with van der Waals surface area (Å²) >= 11 is 0. The number of sulfone groups is 1. The minimum Gasteiger partial charge on any atom is -0.481 e. The maximum absolute atomic E-state index is 12.3. The van der Waals surface area contributed by atoms with Crippen LogP contribution < -0.4 is 5.32 Å². The Morgan fingerprint density at radius 3 is 2.30 bits per heavy atom. The van der Waals surface area contributed by atoms with Crippen molar-refractivity contribution in [3.8, 4) is 0 Å². The SMILES string of the molecule is CC(CCC(=O)O)Nc1ccc(S(=O)(=O)C(F)F)cc1. The Labute approximate surface area is 115 Å². The Kier molecular flexibility index (Phi) is 5.43. The molecule has 0 aliphatic heterocycles. The van der Waals surface area contributed by atoms with E-state index in [0.717, 1.165) is 12.1 Å². The average molecular weight is 307 g/mol. The second-order valence-corrected chi connectivity index (χ2v) is 6.23. The first-order chi connectivity index (χ1) is 9.23. The van der Waals surface area contributed by atoms with E-state index in [-0.39, 0.29) is 12.5 Å². The molecule has 0 spiro atoms. The van der Waals surface area contributed by atoms with Crippen LogP contribution in [0, 0.1) is 0 Å². The molecule has 0 aromatic heterocycles. The molecule has 0 saturated heterocycles. The number of carbonyl (C=O) groups is 1. The lowest BCUT2D eigenvalue weighted by atomic mass is 10.1. The Hall–Kier alpha value is -1.70. The lowest BCUT2D eigenvalue weighted by Gasteiger charge is -2.14. The van der Waals surface area contributed by atoms with Crippen LogP contribution in [0.2, 0.25) is 0 Å². The lowest BCUT2D eigenvalue weighted by Crippen LogP contribution is -2.17. The van der Waals surface area contributed by atoms with Gasteiger partial charge < -0.3 is 10.4 Å². The molecule has 1 aromatic carbocycles. The molecule has 112 valence electrons. The molecule has 0 bridgehead atoms. The van der Waals surface area contributed by atoms with Crippen molar-refractivity contribution in [2.45, 2.75) is 36.5 Å². The van der Waals surface area contributed by atoms with Gasteiger partial charge in [0, 0.05) is 18.2 Å². The number of aliphatic carboxylic acids is 1. The fourth-order valence-corrected chi connectivity index (χ4v) is 2.26. The molecule has 20 heavy (non-hydrogen) atoms. The quantitative estimate of drug-likeness (QED) is 0.808. The van der Waals surface area contributed by atoms with Gasteiger partial charge in [-0.25, -0.2) is 8.42 Å². The van der Waals surface area contributed by atoms with Gasteiger partial charge in [0.15, 0.2) is 0 Å². The molecule has 0 saturated carbocycles. The van der Waals surface area contributed by atoms with E-state index < -0.39 is 26.5 Å². The molecule has 0 aliphatic carbocycles. The topological polar surface area (TPSA) is 83.5 Å². The number of halogens is 2. The maximum Gasteiger partial charge on any atom is 0.341 e. The van der Waals surface area contributed by atoms with Gasteiger partial charge in [0.05, 0.1) is 4.90 Å². The molecule has 1 unspecified atom stereocenters. The predicted octanol–water partition coefficient (Wildman–Crippen LogP) is 2.35. The molecule has 0 fully saturated rings. The van der Waals surface area contributed by atoms with Crippen molar-refractivity contribution in [3.63, 3.8) is 0 Å². The molecule has 0 amide bonds. The summed E-state index contributed by atoms with van der Waals surface area (Å²) in [6.45, 7) is 1.77. The van der Waals surface area contributed by atoms with Crippen LogP contribution in [0.1, 0.15) is 19.8 Å². The average Bonchev–Trinajstić information content (AvgIpc) is 2.37. The molecule has 5 nitrogen and oxygen atoms in total. The number of carboxylic acids is 1. The van der Waals surface area contributed by atoms with Gasteiger partial charge in [-0.05, 0) is 37.6 Å². The first kappa shape index (κ1) is 16.4. The van der Waals surface area contributed by atoms with Crippen LogP contribution >= 0.6 is 0 Å². The number of hydrogen-bond donors (Lipinski definition) is 2. The first-order valence-electron chi connectivity index (χ1n) is 5.84. The van der Waals surface area contributed by atoms with Crippen LogP contribution in [0.25, 0.3) is 0 Å². The molecule has 1 rings (SSSR count). The Morgan fingerprint density at radius 2 is 1.85 bits per heavy atom. The van der Waals surface area contributed by atoms with Gasteiger partial charge in [-0.3, -0.25) is 4.79 Å². The van der Waals surface area contributed by atoms with Crippen LogP contribution in [-0.2, 0) is 14.6 Å². The fourth-order valence-electron chi connectivity index (χ4n) is 1.54. The minimum absolute atomic E-state index is 0.00596. The normalized spacial score (nSPS) is 13.2. The highest BCUT2D eigenvalue weighted by molar-refractivity contribution is 7.91. The summed E-state index contributed by atoms with van der Waals surface area (Å²) in [4.78, 5) is 9.96. The number of hydrogen-bond acceptors (Lipinski definition) is 4. The summed E-state index contributed by atoms with van der Waals surface area (Å²) in [5.41, 5.74) is 0.538. The molecule has 0 heterocycles. The maximum atomic E-state index is 12.3. The van der Waals surface area contributed by atoms with Crippen LogP contribution in [-0.4, -0.2) is 31.3 Å². The summed E-state index contributed by atoms with van der Waals surface area (Å²) in [6.07, 6.45) is 0.401. The Balaban J connectivity index is 2.70. The van der Waals surface area contributed by atoms with E-state index in [1.54, 1.807) is 6.92 Å². The van der Waals surface area contributed by atoms with Crippen molar-refractivity contribution in [2.75, 3.05) is 5.32 Å².